The number of nitrogens with zero attached hydrogens (tertiary/aromatic N) is 3. The van der Waals surface area contributed by atoms with Crippen LogP contribution in [-0.2, 0) is 9.84 Å². The molecule has 2 aromatic rings. The lowest BCUT2D eigenvalue weighted by molar-refractivity contribution is 0.528. The lowest BCUT2D eigenvalue weighted by atomic mass is 10.1. The number of sulfone groups is 1. The molecule has 1 aromatic heterocycles. The van der Waals surface area contributed by atoms with Gasteiger partial charge in [0.15, 0.2) is 5.96 Å². The molecule has 0 saturated heterocycles. The van der Waals surface area contributed by atoms with Crippen molar-refractivity contribution in [2.75, 3.05) is 25.1 Å². The zero-order chi connectivity index (χ0) is 20.6. The average molecular weight is 554 g/mol. The number of halogens is 2. The molecule has 0 amide bonds. The molecule has 0 saturated carbocycles. The number of hydrogen-bond donors (Lipinski definition) is 2. The summed E-state index contributed by atoms with van der Waals surface area (Å²) in [4.78, 5) is 4.70. The van der Waals surface area contributed by atoms with Gasteiger partial charge >= 0.3 is 0 Å². The van der Waals surface area contributed by atoms with E-state index in [1.807, 2.05) is 55.1 Å². The molecule has 1 aromatic carbocycles. The summed E-state index contributed by atoms with van der Waals surface area (Å²) in [7, 11) is -2.98. The minimum atomic E-state index is -2.98. The van der Waals surface area contributed by atoms with E-state index >= 15 is 0 Å². The van der Waals surface area contributed by atoms with Crippen molar-refractivity contribution in [3.8, 4) is 0 Å². The van der Waals surface area contributed by atoms with Crippen LogP contribution in [0.2, 0.25) is 5.02 Å². The van der Waals surface area contributed by atoms with Gasteiger partial charge in [0.1, 0.15) is 9.84 Å². The SMILES string of the molecule is CCNC(=NCC(c1ccc(Cl)cc1)n1cccn1)NC(C)CCS(C)(=O)=O.I. The average Bonchev–Trinajstić information content (AvgIpc) is 3.15. The summed E-state index contributed by atoms with van der Waals surface area (Å²) in [5.41, 5.74) is 1.05. The first-order chi connectivity index (χ1) is 13.3. The van der Waals surface area contributed by atoms with E-state index in [4.69, 9.17) is 16.6 Å². The Morgan fingerprint density at radius 1 is 1.31 bits per heavy atom. The first-order valence-corrected chi connectivity index (χ1v) is 11.7. The summed E-state index contributed by atoms with van der Waals surface area (Å²) >= 11 is 6.02. The zero-order valence-corrected chi connectivity index (χ0v) is 20.8. The summed E-state index contributed by atoms with van der Waals surface area (Å²) in [5.74, 6) is 0.788. The van der Waals surface area contributed by atoms with Gasteiger partial charge in [0.2, 0.25) is 0 Å². The summed E-state index contributed by atoms with van der Waals surface area (Å²) < 4.78 is 24.6. The Morgan fingerprint density at radius 2 is 2.00 bits per heavy atom. The minimum absolute atomic E-state index is 0. The van der Waals surface area contributed by atoms with E-state index in [-0.39, 0.29) is 41.8 Å². The van der Waals surface area contributed by atoms with Gasteiger partial charge in [-0.15, -0.1) is 24.0 Å². The van der Waals surface area contributed by atoms with Crippen LogP contribution in [0.15, 0.2) is 47.7 Å². The van der Waals surface area contributed by atoms with Gasteiger partial charge in [-0.3, -0.25) is 9.67 Å². The maximum Gasteiger partial charge on any atom is 0.191 e. The molecule has 2 N–H and O–H groups in total. The minimum Gasteiger partial charge on any atom is -0.357 e. The third-order valence-electron chi connectivity index (χ3n) is 4.17. The molecule has 0 radical (unpaired) electrons. The van der Waals surface area contributed by atoms with E-state index < -0.39 is 9.84 Å². The van der Waals surface area contributed by atoms with Gasteiger partial charge in [0, 0.05) is 36.3 Å². The maximum atomic E-state index is 11.4. The molecule has 2 atom stereocenters. The summed E-state index contributed by atoms with van der Waals surface area (Å²) in [5, 5.41) is 11.5. The van der Waals surface area contributed by atoms with Crippen molar-refractivity contribution in [1.29, 1.82) is 0 Å². The summed E-state index contributed by atoms with van der Waals surface area (Å²) in [6, 6.07) is 9.43. The van der Waals surface area contributed by atoms with E-state index in [9.17, 15) is 8.42 Å². The molecule has 1 heterocycles. The molecule has 2 unspecified atom stereocenters. The zero-order valence-electron chi connectivity index (χ0n) is 16.9. The Morgan fingerprint density at radius 3 is 2.55 bits per heavy atom. The smallest absolute Gasteiger partial charge is 0.191 e. The van der Waals surface area contributed by atoms with Crippen molar-refractivity contribution in [3.05, 3.63) is 53.3 Å². The highest BCUT2D eigenvalue weighted by Gasteiger charge is 2.15. The van der Waals surface area contributed by atoms with Crippen LogP contribution in [0.1, 0.15) is 31.9 Å². The van der Waals surface area contributed by atoms with Gasteiger partial charge in [-0.05, 0) is 44.0 Å². The topological polar surface area (TPSA) is 88.4 Å². The van der Waals surface area contributed by atoms with Crippen molar-refractivity contribution in [3.63, 3.8) is 0 Å². The third-order valence-corrected chi connectivity index (χ3v) is 5.40. The van der Waals surface area contributed by atoms with Crippen molar-refractivity contribution in [1.82, 2.24) is 20.4 Å². The number of nitrogens with one attached hydrogen (secondary N) is 2. The van der Waals surface area contributed by atoms with Crippen molar-refractivity contribution < 1.29 is 8.42 Å². The van der Waals surface area contributed by atoms with Crippen molar-refractivity contribution in [2.24, 2.45) is 4.99 Å². The van der Waals surface area contributed by atoms with Gasteiger partial charge in [0.25, 0.3) is 0 Å². The molecule has 0 aliphatic rings. The van der Waals surface area contributed by atoms with Crippen LogP contribution >= 0.6 is 35.6 Å². The second-order valence-corrected chi connectivity index (χ2v) is 9.43. The molecule has 0 fully saturated rings. The van der Waals surface area contributed by atoms with E-state index in [0.717, 1.165) is 5.56 Å². The first kappa shape index (κ1) is 25.7. The molecule has 7 nitrogen and oxygen atoms in total. The van der Waals surface area contributed by atoms with Crippen LogP contribution in [0, 0.1) is 0 Å². The van der Waals surface area contributed by atoms with E-state index in [2.05, 4.69) is 15.7 Å². The fraction of sp³-hybridized carbons (Fsp3) is 0.474. The molecular weight excluding hydrogens is 525 g/mol. The van der Waals surface area contributed by atoms with E-state index in [1.54, 1.807) is 6.20 Å². The lowest BCUT2D eigenvalue weighted by Gasteiger charge is -2.20. The fourth-order valence-corrected chi connectivity index (χ4v) is 3.59. The Kier molecular flexibility index (Phi) is 11.0. The van der Waals surface area contributed by atoms with Gasteiger partial charge in [-0.1, -0.05) is 23.7 Å². The summed E-state index contributed by atoms with van der Waals surface area (Å²) in [6.45, 7) is 5.11. The van der Waals surface area contributed by atoms with Crippen LogP contribution in [0.5, 0.6) is 0 Å². The molecule has 10 heteroatoms. The summed E-state index contributed by atoms with van der Waals surface area (Å²) in [6.07, 6.45) is 5.41. The lowest BCUT2D eigenvalue weighted by Crippen LogP contribution is -2.43. The Labute approximate surface area is 195 Å². The normalized spacial score (nSPS) is 14.0. The molecule has 29 heavy (non-hydrogen) atoms. The molecule has 0 bridgehead atoms. The van der Waals surface area contributed by atoms with Crippen LogP contribution in [0.4, 0.5) is 0 Å². The second kappa shape index (κ2) is 12.4. The third kappa shape index (κ3) is 9.35. The molecular formula is C19H29ClIN5O2S. The second-order valence-electron chi connectivity index (χ2n) is 6.74. The standard InChI is InChI=1S/C19H28ClN5O2S.HI/c1-4-21-19(24-15(2)10-13-28(3,26)27)22-14-18(25-12-5-11-23-25)16-6-8-17(20)9-7-16;/h5-9,11-12,15,18H,4,10,13-14H2,1-3H3,(H2,21,22,24);1H. The van der Waals surface area contributed by atoms with Gasteiger partial charge in [-0.25, -0.2) is 8.42 Å². The van der Waals surface area contributed by atoms with Crippen LogP contribution in [0.25, 0.3) is 0 Å². The van der Waals surface area contributed by atoms with E-state index in [1.165, 1.54) is 6.26 Å². The van der Waals surface area contributed by atoms with Gasteiger partial charge < -0.3 is 10.6 Å². The van der Waals surface area contributed by atoms with Crippen molar-refractivity contribution in [2.45, 2.75) is 32.4 Å². The number of aliphatic imine (C=N–C) groups is 1. The largest absolute Gasteiger partial charge is 0.357 e. The highest BCUT2D eigenvalue weighted by Crippen LogP contribution is 2.20. The van der Waals surface area contributed by atoms with Crippen molar-refractivity contribution >= 4 is 51.4 Å². The van der Waals surface area contributed by atoms with Crippen LogP contribution in [-0.4, -0.2) is 55.3 Å². The Balaban J connectivity index is 0.00000420. The van der Waals surface area contributed by atoms with Gasteiger partial charge in [-0.2, -0.15) is 5.10 Å². The predicted molar refractivity (Wildman–Crippen MR) is 130 cm³/mol. The first-order valence-electron chi connectivity index (χ1n) is 9.25. The molecule has 0 aliphatic heterocycles. The fourth-order valence-electron chi connectivity index (χ4n) is 2.69. The number of hydrogen-bond acceptors (Lipinski definition) is 4. The molecule has 0 aliphatic carbocycles. The van der Waals surface area contributed by atoms with Crippen LogP contribution < -0.4 is 10.6 Å². The van der Waals surface area contributed by atoms with E-state index in [0.29, 0.717) is 30.5 Å². The number of aromatic nitrogens is 2. The number of rotatable bonds is 9. The molecule has 2 rings (SSSR count). The highest BCUT2D eigenvalue weighted by molar-refractivity contribution is 14.0. The monoisotopic (exact) mass is 553 g/mol. The quantitative estimate of drug-likeness (QED) is 0.283. The van der Waals surface area contributed by atoms with Gasteiger partial charge in [0.05, 0.1) is 18.3 Å². The van der Waals surface area contributed by atoms with Crippen LogP contribution in [0.3, 0.4) is 0 Å². The molecule has 0 spiro atoms. The number of benzene rings is 1. The predicted octanol–water partition coefficient (Wildman–Crippen LogP) is 3.12. The Hall–Kier alpha value is -1.33. The number of guanidine groups is 1. The molecule has 162 valence electrons. The highest BCUT2D eigenvalue weighted by atomic mass is 127. The maximum absolute atomic E-state index is 11.4. The Bertz CT molecular complexity index is 857.